The molecule has 0 unspecified atom stereocenters. The molecule has 0 amide bonds. The Balaban J connectivity index is 2.20. The third-order valence-corrected chi connectivity index (χ3v) is 3.30. The summed E-state index contributed by atoms with van der Waals surface area (Å²) in [4.78, 5) is 12.5. The van der Waals surface area contributed by atoms with Crippen molar-refractivity contribution in [2.45, 2.75) is 20.4 Å². The van der Waals surface area contributed by atoms with E-state index in [1.165, 1.54) is 0 Å². The van der Waals surface area contributed by atoms with Gasteiger partial charge >= 0.3 is 0 Å². The molecule has 3 N–H and O–H groups in total. The number of nitrogens with two attached hydrogens (primary N) is 1. The molecule has 19 heavy (non-hydrogen) atoms. The zero-order valence-corrected chi connectivity index (χ0v) is 11.1. The van der Waals surface area contributed by atoms with Crippen LogP contribution < -0.4 is 5.73 Å². The number of hydrogen-bond donors (Lipinski definition) is 2. The molecule has 0 aliphatic heterocycles. The molecular weight excluding hydrogens is 236 g/mol. The van der Waals surface area contributed by atoms with Gasteiger partial charge in [0.25, 0.3) is 0 Å². The molecule has 3 rings (SSSR count). The summed E-state index contributed by atoms with van der Waals surface area (Å²) in [5, 5.41) is 0. The van der Waals surface area contributed by atoms with Gasteiger partial charge in [0.2, 0.25) is 0 Å². The quantitative estimate of drug-likeness (QED) is 0.736. The number of aromatic nitrogens is 3. The molecule has 0 atom stereocenters. The highest BCUT2D eigenvalue weighted by atomic mass is 14.9. The Morgan fingerprint density at radius 3 is 2.68 bits per heavy atom. The van der Waals surface area contributed by atoms with Crippen LogP contribution >= 0.6 is 0 Å². The third-order valence-electron chi connectivity index (χ3n) is 3.30. The van der Waals surface area contributed by atoms with Gasteiger partial charge in [-0.1, -0.05) is 12.1 Å². The maximum absolute atomic E-state index is 5.75. The molecule has 4 heteroatoms. The second-order valence-electron chi connectivity index (χ2n) is 4.69. The fraction of sp³-hybridized carbons (Fsp3) is 0.200. The maximum atomic E-state index is 5.75. The Morgan fingerprint density at radius 1 is 1.11 bits per heavy atom. The average molecular weight is 252 g/mol. The van der Waals surface area contributed by atoms with E-state index in [0.717, 1.165) is 39.4 Å². The van der Waals surface area contributed by atoms with Crippen LogP contribution in [-0.4, -0.2) is 15.0 Å². The standard InChI is InChI=1S/C15H16N4/c1-9-6-7-12(10(2)17-9)15-18-13-5-3-4-11(8-16)14(13)19-15/h3-7H,8,16H2,1-2H3,(H,18,19). The summed E-state index contributed by atoms with van der Waals surface area (Å²) < 4.78 is 0. The van der Waals surface area contributed by atoms with Crippen molar-refractivity contribution in [2.24, 2.45) is 5.73 Å². The molecular formula is C15H16N4. The maximum Gasteiger partial charge on any atom is 0.140 e. The van der Waals surface area contributed by atoms with E-state index in [0.29, 0.717) is 6.54 Å². The van der Waals surface area contributed by atoms with Crippen LogP contribution in [0.4, 0.5) is 0 Å². The molecule has 0 bridgehead atoms. The molecule has 0 aliphatic rings. The van der Waals surface area contributed by atoms with Crippen LogP contribution in [0, 0.1) is 13.8 Å². The number of hydrogen-bond acceptors (Lipinski definition) is 3. The first-order valence-electron chi connectivity index (χ1n) is 6.31. The fourth-order valence-corrected chi connectivity index (χ4v) is 2.32. The lowest BCUT2D eigenvalue weighted by Gasteiger charge is -2.02. The number of H-pyrrole nitrogens is 1. The van der Waals surface area contributed by atoms with Gasteiger partial charge in [-0.3, -0.25) is 4.98 Å². The highest BCUT2D eigenvalue weighted by Gasteiger charge is 2.10. The lowest BCUT2D eigenvalue weighted by molar-refractivity contribution is 1.08. The largest absolute Gasteiger partial charge is 0.338 e. The summed E-state index contributed by atoms with van der Waals surface area (Å²) in [5.41, 5.74) is 11.8. The van der Waals surface area contributed by atoms with Crippen LogP contribution in [0.25, 0.3) is 22.4 Å². The number of fused-ring (bicyclic) bond motifs is 1. The molecule has 3 aromatic rings. The summed E-state index contributed by atoms with van der Waals surface area (Å²) in [6.07, 6.45) is 0. The molecule has 0 aliphatic carbocycles. The number of benzene rings is 1. The highest BCUT2D eigenvalue weighted by molar-refractivity contribution is 5.82. The monoisotopic (exact) mass is 252 g/mol. The van der Waals surface area contributed by atoms with Gasteiger partial charge in [0.15, 0.2) is 0 Å². The number of aryl methyl sites for hydroxylation is 2. The smallest absolute Gasteiger partial charge is 0.140 e. The van der Waals surface area contributed by atoms with Gasteiger partial charge in [0.1, 0.15) is 5.82 Å². The third kappa shape index (κ3) is 2.00. The number of imidazole rings is 1. The van der Waals surface area contributed by atoms with Gasteiger partial charge in [-0.2, -0.15) is 0 Å². The number of para-hydroxylation sites is 1. The predicted molar refractivity (Wildman–Crippen MR) is 76.7 cm³/mol. The first-order chi connectivity index (χ1) is 9.19. The molecule has 1 aromatic carbocycles. The van der Waals surface area contributed by atoms with E-state index in [9.17, 15) is 0 Å². The Labute approximate surface area is 111 Å². The van der Waals surface area contributed by atoms with Gasteiger partial charge in [0.05, 0.1) is 11.0 Å². The molecule has 0 saturated heterocycles. The van der Waals surface area contributed by atoms with Gasteiger partial charge in [-0.25, -0.2) is 4.98 Å². The van der Waals surface area contributed by atoms with Crippen molar-refractivity contribution in [1.29, 1.82) is 0 Å². The minimum Gasteiger partial charge on any atom is -0.338 e. The molecule has 0 saturated carbocycles. The molecule has 2 aromatic heterocycles. The lowest BCUT2D eigenvalue weighted by atomic mass is 10.2. The van der Waals surface area contributed by atoms with Gasteiger partial charge < -0.3 is 10.7 Å². The molecule has 0 spiro atoms. The first-order valence-corrected chi connectivity index (χ1v) is 6.31. The van der Waals surface area contributed by atoms with E-state index in [1.54, 1.807) is 0 Å². The lowest BCUT2D eigenvalue weighted by Crippen LogP contribution is -1.96. The van der Waals surface area contributed by atoms with Gasteiger partial charge in [0, 0.05) is 23.5 Å². The van der Waals surface area contributed by atoms with E-state index in [2.05, 4.69) is 21.0 Å². The summed E-state index contributed by atoms with van der Waals surface area (Å²) >= 11 is 0. The first kappa shape index (κ1) is 11.9. The minimum absolute atomic E-state index is 0.493. The summed E-state index contributed by atoms with van der Waals surface area (Å²) in [6, 6.07) is 10.1. The van der Waals surface area contributed by atoms with Crippen molar-refractivity contribution < 1.29 is 0 Å². The predicted octanol–water partition coefficient (Wildman–Crippen LogP) is 2.70. The van der Waals surface area contributed by atoms with Crippen molar-refractivity contribution in [3.8, 4) is 11.4 Å². The van der Waals surface area contributed by atoms with Gasteiger partial charge in [-0.15, -0.1) is 0 Å². The van der Waals surface area contributed by atoms with Crippen LogP contribution in [0.1, 0.15) is 17.0 Å². The summed E-state index contributed by atoms with van der Waals surface area (Å²) in [6.45, 7) is 4.48. The summed E-state index contributed by atoms with van der Waals surface area (Å²) in [5.74, 6) is 0.848. The number of rotatable bonds is 2. The summed E-state index contributed by atoms with van der Waals surface area (Å²) in [7, 11) is 0. The Bertz CT molecular complexity index is 743. The van der Waals surface area contributed by atoms with E-state index in [1.807, 2.05) is 38.1 Å². The number of nitrogens with zero attached hydrogens (tertiary/aromatic N) is 2. The zero-order valence-electron chi connectivity index (χ0n) is 11.1. The van der Waals surface area contributed by atoms with Crippen molar-refractivity contribution >= 4 is 11.0 Å². The second-order valence-corrected chi connectivity index (χ2v) is 4.69. The van der Waals surface area contributed by atoms with E-state index in [4.69, 9.17) is 5.73 Å². The SMILES string of the molecule is Cc1ccc(-c2nc3c(CN)cccc3[nH]2)c(C)n1. The van der Waals surface area contributed by atoms with Crippen molar-refractivity contribution in [2.75, 3.05) is 0 Å². The van der Waals surface area contributed by atoms with E-state index >= 15 is 0 Å². The van der Waals surface area contributed by atoms with Crippen LogP contribution in [0.15, 0.2) is 30.3 Å². The number of aromatic amines is 1. The van der Waals surface area contributed by atoms with Crippen molar-refractivity contribution in [3.05, 3.63) is 47.3 Å². The molecule has 96 valence electrons. The molecule has 4 nitrogen and oxygen atoms in total. The number of pyridine rings is 1. The molecule has 0 fully saturated rings. The van der Waals surface area contributed by atoms with Gasteiger partial charge in [-0.05, 0) is 37.6 Å². The second kappa shape index (κ2) is 4.48. The average Bonchev–Trinajstić information content (AvgIpc) is 2.81. The Morgan fingerprint density at radius 2 is 1.95 bits per heavy atom. The topological polar surface area (TPSA) is 67.6 Å². The van der Waals surface area contributed by atoms with Crippen molar-refractivity contribution in [3.63, 3.8) is 0 Å². The molecule has 2 heterocycles. The fourth-order valence-electron chi connectivity index (χ4n) is 2.32. The van der Waals surface area contributed by atoms with Crippen LogP contribution in [0.5, 0.6) is 0 Å². The zero-order chi connectivity index (χ0) is 13.4. The Kier molecular flexibility index (Phi) is 2.80. The van der Waals surface area contributed by atoms with Crippen LogP contribution in [-0.2, 0) is 6.54 Å². The van der Waals surface area contributed by atoms with E-state index in [-0.39, 0.29) is 0 Å². The highest BCUT2D eigenvalue weighted by Crippen LogP contribution is 2.24. The minimum atomic E-state index is 0.493. The van der Waals surface area contributed by atoms with E-state index < -0.39 is 0 Å². The number of nitrogens with one attached hydrogen (secondary N) is 1. The Hall–Kier alpha value is -2.20. The van der Waals surface area contributed by atoms with Crippen LogP contribution in [0.3, 0.4) is 0 Å². The molecule has 0 radical (unpaired) electrons. The normalized spacial score (nSPS) is 11.1. The van der Waals surface area contributed by atoms with Crippen LogP contribution in [0.2, 0.25) is 0 Å². The van der Waals surface area contributed by atoms with Crippen molar-refractivity contribution in [1.82, 2.24) is 15.0 Å².